The molecule has 1 amide bonds. The van der Waals surface area contributed by atoms with Gasteiger partial charge in [0.1, 0.15) is 17.3 Å². The van der Waals surface area contributed by atoms with Crippen molar-refractivity contribution < 1.29 is 19.4 Å². The first kappa shape index (κ1) is 22.4. The van der Waals surface area contributed by atoms with E-state index in [4.69, 9.17) is 4.74 Å². The Labute approximate surface area is 182 Å². The van der Waals surface area contributed by atoms with Crippen LogP contribution in [-0.4, -0.2) is 70.9 Å². The number of carbonyl (C=O) groups excluding carboxylic acids is 2. The summed E-state index contributed by atoms with van der Waals surface area (Å²) in [5.41, 5.74) is 1.60. The van der Waals surface area contributed by atoms with Crippen molar-refractivity contribution in [1.29, 1.82) is 0 Å². The second kappa shape index (κ2) is 9.26. The van der Waals surface area contributed by atoms with Gasteiger partial charge in [-0.1, -0.05) is 12.1 Å². The van der Waals surface area contributed by atoms with Gasteiger partial charge in [0.05, 0.1) is 30.0 Å². The number of hydrogen-bond donors (Lipinski definition) is 1. The van der Waals surface area contributed by atoms with Gasteiger partial charge in [-0.15, -0.1) is 0 Å². The molecular formula is C23H28N4O4. The highest BCUT2D eigenvalue weighted by Gasteiger charge is 2.46. The number of likely N-dealkylation sites (tertiary alicyclic amines) is 1. The Balaban J connectivity index is 2.14. The molecule has 8 heteroatoms. The first-order valence-corrected chi connectivity index (χ1v) is 10.1. The Morgan fingerprint density at radius 1 is 1.26 bits per heavy atom. The van der Waals surface area contributed by atoms with Crippen LogP contribution in [0.15, 0.2) is 36.0 Å². The van der Waals surface area contributed by atoms with Crippen molar-refractivity contribution in [2.75, 3.05) is 34.3 Å². The third-order valence-electron chi connectivity index (χ3n) is 5.31. The van der Waals surface area contributed by atoms with Crippen molar-refractivity contribution >= 4 is 17.4 Å². The van der Waals surface area contributed by atoms with Crippen LogP contribution in [0, 0.1) is 13.8 Å². The van der Waals surface area contributed by atoms with Gasteiger partial charge in [-0.25, -0.2) is 9.97 Å². The number of carbonyl (C=O) groups is 2. The normalized spacial score (nSPS) is 18.1. The maximum atomic E-state index is 13.1. The molecule has 0 spiro atoms. The molecule has 1 aromatic carbocycles. The maximum absolute atomic E-state index is 13.1. The predicted molar refractivity (Wildman–Crippen MR) is 117 cm³/mol. The highest BCUT2D eigenvalue weighted by molar-refractivity contribution is 6.46. The largest absolute Gasteiger partial charge is 0.507 e. The zero-order chi connectivity index (χ0) is 22.7. The van der Waals surface area contributed by atoms with Gasteiger partial charge in [0, 0.05) is 12.7 Å². The molecule has 1 atom stereocenters. The maximum Gasteiger partial charge on any atom is 0.295 e. The van der Waals surface area contributed by atoms with Crippen molar-refractivity contribution in [1.82, 2.24) is 19.8 Å². The van der Waals surface area contributed by atoms with E-state index in [1.54, 1.807) is 39.2 Å². The minimum Gasteiger partial charge on any atom is -0.507 e. The van der Waals surface area contributed by atoms with Crippen LogP contribution in [-0.2, 0) is 9.59 Å². The third kappa shape index (κ3) is 4.59. The van der Waals surface area contributed by atoms with Gasteiger partial charge in [0.2, 0.25) is 0 Å². The summed E-state index contributed by atoms with van der Waals surface area (Å²) in [7, 11) is 5.46. The quantitative estimate of drug-likeness (QED) is 0.414. The predicted octanol–water partition coefficient (Wildman–Crippen LogP) is 2.48. The lowest BCUT2D eigenvalue weighted by Gasteiger charge is -2.26. The molecule has 0 saturated carbocycles. The Morgan fingerprint density at radius 3 is 2.65 bits per heavy atom. The molecule has 0 radical (unpaired) electrons. The van der Waals surface area contributed by atoms with Gasteiger partial charge in [-0.3, -0.25) is 9.59 Å². The first-order valence-electron chi connectivity index (χ1n) is 10.1. The van der Waals surface area contributed by atoms with Crippen molar-refractivity contribution in [3.8, 4) is 5.75 Å². The molecule has 0 aliphatic carbocycles. The molecule has 0 bridgehead atoms. The molecule has 8 nitrogen and oxygen atoms in total. The summed E-state index contributed by atoms with van der Waals surface area (Å²) in [5, 5.41) is 11.1. The van der Waals surface area contributed by atoms with Gasteiger partial charge in [-0.05, 0) is 58.6 Å². The molecule has 164 valence electrons. The minimum absolute atomic E-state index is 0.0404. The Kier molecular flexibility index (Phi) is 6.70. The highest BCUT2D eigenvalue weighted by atomic mass is 16.5. The van der Waals surface area contributed by atoms with E-state index in [-0.39, 0.29) is 11.3 Å². The first-order chi connectivity index (χ1) is 14.7. The number of aryl methyl sites for hydroxylation is 2. The average molecular weight is 425 g/mol. The average Bonchev–Trinajstić information content (AvgIpc) is 2.98. The molecule has 31 heavy (non-hydrogen) atoms. The van der Waals surface area contributed by atoms with Gasteiger partial charge < -0.3 is 19.6 Å². The molecule has 2 heterocycles. The number of aliphatic hydroxyl groups is 1. The fourth-order valence-corrected chi connectivity index (χ4v) is 3.79. The van der Waals surface area contributed by atoms with Gasteiger partial charge >= 0.3 is 0 Å². The van der Waals surface area contributed by atoms with Crippen LogP contribution < -0.4 is 4.74 Å². The van der Waals surface area contributed by atoms with Gasteiger partial charge in [-0.2, -0.15) is 0 Å². The highest BCUT2D eigenvalue weighted by Crippen LogP contribution is 2.40. The zero-order valence-electron chi connectivity index (χ0n) is 18.5. The minimum atomic E-state index is -0.724. The lowest BCUT2D eigenvalue weighted by atomic mass is 9.95. The Morgan fingerprint density at radius 2 is 2.00 bits per heavy atom. The van der Waals surface area contributed by atoms with E-state index < -0.39 is 17.7 Å². The lowest BCUT2D eigenvalue weighted by Crippen LogP contribution is -2.32. The Hall–Kier alpha value is -3.26. The van der Waals surface area contributed by atoms with E-state index in [1.165, 1.54) is 11.1 Å². The van der Waals surface area contributed by atoms with E-state index in [1.807, 2.05) is 25.1 Å². The number of hydrogen-bond acceptors (Lipinski definition) is 7. The van der Waals surface area contributed by atoms with Crippen molar-refractivity contribution in [2.45, 2.75) is 26.3 Å². The van der Waals surface area contributed by atoms with Crippen molar-refractivity contribution in [2.24, 2.45) is 0 Å². The van der Waals surface area contributed by atoms with Gasteiger partial charge in [0.15, 0.2) is 0 Å². The van der Waals surface area contributed by atoms with Crippen LogP contribution in [0.1, 0.15) is 35.1 Å². The fourth-order valence-electron chi connectivity index (χ4n) is 3.79. The smallest absolute Gasteiger partial charge is 0.295 e. The number of Topliss-reactive ketones (excluding diaryl/α,β-unsaturated/α-hetero) is 1. The van der Waals surface area contributed by atoms with Crippen LogP contribution in [0.2, 0.25) is 0 Å². The molecule has 1 aliphatic rings. The van der Waals surface area contributed by atoms with Crippen molar-refractivity contribution in [3.05, 3.63) is 58.7 Å². The zero-order valence-corrected chi connectivity index (χ0v) is 18.5. The number of aromatic nitrogens is 2. The summed E-state index contributed by atoms with van der Waals surface area (Å²) >= 11 is 0. The number of benzene rings is 1. The topological polar surface area (TPSA) is 95.9 Å². The number of nitrogens with zero attached hydrogens (tertiary/aromatic N) is 4. The number of rotatable bonds is 7. The van der Waals surface area contributed by atoms with Crippen molar-refractivity contribution in [3.63, 3.8) is 0 Å². The summed E-state index contributed by atoms with van der Waals surface area (Å²) in [4.78, 5) is 38.0. The standard InChI is InChI=1S/C23H28N4O4/c1-14-18(13-24-15(2)25-14)21(28)19-20(16-8-6-9-17(12-16)31-5)27(23(30)22(19)29)11-7-10-26(3)4/h6,8-9,12-13,20,28H,7,10-11H2,1-5H3/b21-19+/t20-/m1/s1. The fraction of sp³-hybridized carbons (Fsp3) is 0.391. The molecule has 1 N–H and O–H groups in total. The van der Waals surface area contributed by atoms with E-state index in [0.717, 1.165) is 6.54 Å². The van der Waals surface area contributed by atoms with E-state index in [0.29, 0.717) is 41.4 Å². The molecule has 1 aromatic heterocycles. The second-order valence-corrected chi connectivity index (χ2v) is 7.84. The molecule has 2 aromatic rings. The van der Waals surface area contributed by atoms with Crippen LogP contribution in [0.25, 0.3) is 5.76 Å². The number of amides is 1. The monoisotopic (exact) mass is 424 g/mol. The second-order valence-electron chi connectivity index (χ2n) is 7.84. The van der Waals surface area contributed by atoms with Crippen LogP contribution in [0.4, 0.5) is 0 Å². The van der Waals surface area contributed by atoms with Crippen LogP contribution in [0.5, 0.6) is 5.75 Å². The molecule has 1 aliphatic heterocycles. The van der Waals surface area contributed by atoms with E-state index in [2.05, 4.69) is 9.97 Å². The number of ether oxygens (including phenoxy) is 1. The van der Waals surface area contributed by atoms with E-state index >= 15 is 0 Å². The SMILES string of the molecule is COc1cccc([C@@H]2/C(=C(\O)c3cnc(C)nc3C)C(=O)C(=O)N2CCCN(C)C)c1. The molecule has 0 unspecified atom stereocenters. The summed E-state index contributed by atoms with van der Waals surface area (Å²) in [6.07, 6.45) is 2.17. The molecule has 1 saturated heterocycles. The van der Waals surface area contributed by atoms with E-state index in [9.17, 15) is 14.7 Å². The third-order valence-corrected chi connectivity index (χ3v) is 5.31. The summed E-state index contributed by atoms with van der Waals surface area (Å²) in [6, 6.07) is 6.47. The summed E-state index contributed by atoms with van der Waals surface area (Å²) in [6.45, 7) is 4.62. The van der Waals surface area contributed by atoms with Crippen LogP contribution >= 0.6 is 0 Å². The summed E-state index contributed by atoms with van der Waals surface area (Å²) in [5.74, 6) is -0.443. The Bertz CT molecular complexity index is 1030. The number of ketones is 1. The number of methoxy groups -OCH3 is 1. The van der Waals surface area contributed by atoms with Gasteiger partial charge in [0.25, 0.3) is 11.7 Å². The molecule has 1 fully saturated rings. The molecular weight excluding hydrogens is 396 g/mol. The lowest BCUT2D eigenvalue weighted by molar-refractivity contribution is -0.139. The molecule has 3 rings (SSSR count). The number of aliphatic hydroxyl groups excluding tert-OH is 1. The van der Waals surface area contributed by atoms with Crippen LogP contribution in [0.3, 0.4) is 0 Å². The summed E-state index contributed by atoms with van der Waals surface area (Å²) < 4.78 is 5.33.